The Morgan fingerprint density at radius 3 is 2.12 bits per heavy atom. The van der Waals surface area contributed by atoms with Crippen LogP contribution in [-0.4, -0.2) is 21.4 Å². The van der Waals surface area contributed by atoms with Crippen LogP contribution >= 0.6 is 0 Å². The molecule has 1 aromatic heterocycles. The predicted molar refractivity (Wildman–Crippen MR) is 99.2 cm³/mol. The van der Waals surface area contributed by atoms with E-state index in [4.69, 9.17) is 13.6 Å². The molecule has 0 unspecified atom stereocenters. The highest BCUT2D eigenvalue weighted by molar-refractivity contribution is 6.78. The van der Waals surface area contributed by atoms with E-state index >= 15 is 0 Å². The third-order valence-electron chi connectivity index (χ3n) is 4.95. The van der Waals surface area contributed by atoms with Crippen molar-refractivity contribution in [1.29, 1.82) is 0 Å². The first-order valence-electron chi connectivity index (χ1n) is 8.52. The maximum absolute atomic E-state index is 11.8. The molecule has 1 aromatic carbocycles. The van der Waals surface area contributed by atoms with Gasteiger partial charge in [-0.1, -0.05) is 41.5 Å². The van der Waals surface area contributed by atoms with Gasteiger partial charge in [0.05, 0.1) is 7.11 Å². The fourth-order valence-electron chi connectivity index (χ4n) is 3.90. The molecule has 0 aliphatic carbocycles. The van der Waals surface area contributed by atoms with Gasteiger partial charge < -0.3 is 13.6 Å². The molecule has 1 heterocycles. The molecule has 132 valence electrons. The van der Waals surface area contributed by atoms with Crippen molar-refractivity contribution in [3.8, 4) is 5.75 Å². The highest BCUT2D eigenvalue weighted by Gasteiger charge is 2.47. The molecule has 0 N–H and O–H groups in total. The fraction of sp³-hybridized carbons (Fsp3) is 0.526. The van der Waals surface area contributed by atoms with Crippen LogP contribution in [0.4, 0.5) is 0 Å². The Morgan fingerprint density at radius 2 is 1.62 bits per heavy atom. The number of carbonyl (C=O) groups excluding carboxylic acids is 1. The molecule has 0 spiro atoms. The Hall–Kier alpha value is -1.75. The monoisotopic (exact) mass is 348 g/mol. The number of fused-ring (bicyclic) bond motifs is 1. The van der Waals surface area contributed by atoms with Gasteiger partial charge in [-0.05, 0) is 28.8 Å². The van der Waals surface area contributed by atoms with E-state index in [1.165, 1.54) is 13.4 Å². The zero-order chi connectivity index (χ0) is 18.1. The van der Waals surface area contributed by atoms with Crippen LogP contribution in [0, 0.1) is 0 Å². The molecule has 4 nitrogen and oxygen atoms in total. The van der Waals surface area contributed by atoms with E-state index in [-0.39, 0.29) is 0 Å². The first-order valence-corrected chi connectivity index (χ1v) is 10.7. The molecule has 0 amide bonds. The van der Waals surface area contributed by atoms with Gasteiger partial charge in [-0.2, -0.15) is 0 Å². The second-order valence-electron chi connectivity index (χ2n) is 7.22. The van der Waals surface area contributed by atoms with Crippen LogP contribution in [0.25, 0.3) is 11.0 Å². The van der Waals surface area contributed by atoms with Gasteiger partial charge in [0.2, 0.25) is 0 Å². The number of carbonyl (C=O) groups is 1. The average Bonchev–Trinajstić information content (AvgIpc) is 2.93. The Labute approximate surface area is 145 Å². The lowest BCUT2D eigenvalue weighted by atomic mass is 10.2. The summed E-state index contributed by atoms with van der Waals surface area (Å²) < 4.78 is 17.0. The van der Waals surface area contributed by atoms with E-state index in [2.05, 4.69) is 41.5 Å². The van der Waals surface area contributed by atoms with Gasteiger partial charge in [-0.3, -0.25) is 0 Å². The number of methoxy groups -OCH3 is 1. The van der Waals surface area contributed by atoms with E-state index in [1.54, 1.807) is 0 Å². The number of benzene rings is 1. The van der Waals surface area contributed by atoms with Crippen LogP contribution in [-0.2, 0) is 4.74 Å². The van der Waals surface area contributed by atoms with Crippen LogP contribution in [0.3, 0.4) is 0 Å². The lowest BCUT2D eigenvalue weighted by Crippen LogP contribution is -2.50. The molecule has 0 atom stereocenters. The summed E-state index contributed by atoms with van der Waals surface area (Å²) in [5.41, 5.74) is 2.58. The minimum atomic E-state index is -2.01. The third kappa shape index (κ3) is 3.09. The molecule has 5 heteroatoms. The molecule has 24 heavy (non-hydrogen) atoms. The quantitative estimate of drug-likeness (QED) is 0.491. The molecule has 0 aliphatic rings. The molecule has 0 radical (unpaired) electrons. The smallest absolute Gasteiger partial charge is 0.341 e. The summed E-state index contributed by atoms with van der Waals surface area (Å²) in [5, 5.41) is 0.750. The first-order chi connectivity index (χ1) is 11.2. The van der Waals surface area contributed by atoms with Crippen LogP contribution in [0.15, 0.2) is 28.9 Å². The molecule has 2 aromatic rings. The third-order valence-corrected chi connectivity index (χ3v) is 11.0. The van der Waals surface area contributed by atoms with E-state index in [1.807, 2.05) is 18.2 Å². The number of furan rings is 1. The van der Waals surface area contributed by atoms with Crippen molar-refractivity contribution in [1.82, 2.24) is 0 Å². The Morgan fingerprint density at radius 1 is 1.04 bits per heavy atom. The van der Waals surface area contributed by atoms with Crippen molar-refractivity contribution in [2.75, 3.05) is 7.11 Å². The van der Waals surface area contributed by atoms with Gasteiger partial charge in [-0.25, -0.2) is 4.79 Å². The van der Waals surface area contributed by atoms with Crippen molar-refractivity contribution in [2.24, 2.45) is 0 Å². The molecular formula is C19H28O4Si. The predicted octanol–water partition coefficient (Wildman–Crippen LogP) is 5.77. The normalized spacial score (nSPS) is 12.4. The summed E-state index contributed by atoms with van der Waals surface area (Å²) in [6.07, 6.45) is 1.44. The zero-order valence-corrected chi connectivity index (χ0v) is 16.7. The van der Waals surface area contributed by atoms with Crippen molar-refractivity contribution in [3.63, 3.8) is 0 Å². The number of hydrogen-bond donors (Lipinski definition) is 0. The fourth-order valence-corrected chi connectivity index (χ4v) is 9.14. The minimum Gasteiger partial charge on any atom is -0.543 e. The highest BCUT2D eigenvalue weighted by Crippen LogP contribution is 2.43. The van der Waals surface area contributed by atoms with E-state index in [0.29, 0.717) is 27.8 Å². The Bertz CT molecular complexity index is 693. The van der Waals surface area contributed by atoms with Crippen molar-refractivity contribution in [3.05, 3.63) is 30.0 Å². The van der Waals surface area contributed by atoms with Gasteiger partial charge >= 0.3 is 5.97 Å². The lowest BCUT2D eigenvalue weighted by Gasteiger charge is -2.42. The maximum atomic E-state index is 11.8. The van der Waals surface area contributed by atoms with Gasteiger partial charge in [0.25, 0.3) is 8.32 Å². The largest absolute Gasteiger partial charge is 0.543 e. The molecule has 2 rings (SSSR count). The summed E-state index contributed by atoms with van der Waals surface area (Å²) in [4.78, 5) is 11.8. The molecule has 0 bridgehead atoms. The van der Waals surface area contributed by atoms with Crippen molar-refractivity contribution < 1.29 is 18.4 Å². The SMILES string of the molecule is COC(=O)c1coc2cc(O[Si](C(C)C)(C(C)C)C(C)C)ccc12. The Balaban J connectivity index is 2.44. The number of rotatable bonds is 6. The first kappa shape index (κ1) is 18.6. The zero-order valence-electron chi connectivity index (χ0n) is 15.7. The molecule has 0 saturated carbocycles. The summed E-state index contributed by atoms with van der Waals surface area (Å²) in [6, 6.07) is 5.69. The van der Waals surface area contributed by atoms with Gasteiger partial charge in [-0.15, -0.1) is 0 Å². The molecule has 0 fully saturated rings. The molecule has 0 saturated heterocycles. The average molecular weight is 349 g/mol. The van der Waals surface area contributed by atoms with Crippen LogP contribution < -0.4 is 4.43 Å². The van der Waals surface area contributed by atoms with Crippen LogP contribution in [0.1, 0.15) is 51.9 Å². The van der Waals surface area contributed by atoms with E-state index in [0.717, 1.165) is 11.1 Å². The van der Waals surface area contributed by atoms with E-state index < -0.39 is 14.3 Å². The van der Waals surface area contributed by atoms with Gasteiger partial charge in [0.1, 0.15) is 23.2 Å². The summed E-state index contributed by atoms with van der Waals surface area (Å²) in [6.45, 7) is 13.5. The lowest BCUT2D eigenvalue weighted by molar-refractivity contribution is 0.0602. The molecule has 0 aliphatic heterocycles. The highest BCUT2D eigenvalue weighted by atomic mass is 28.4. The second-order valence-corrected chi connectivity index (χ2v) is 12.6. The topological polar surface area (TPSA) is 48.7 Å². The standard InChI is InChI=1S/C19H28O4Si/c1-12(2)24(13(3)4,14(5)6)23-15-8-9-16-17(19(20)21-7)11-22-18(16)10-15/h8-14H,1-7H3. The minimum absolute atomic E-state index is 0.391. The second kappa shape index (κ2) is 7.01. The number of ether oxygens (including phenoxy) is 1. The van der Waals surface area contributed by atoms with Crippen LogP contribution in [0.2, 0.25) is 16.6 Å². The summed E-state index contributed by atoms with van der Waals surface area (Å²) in [5.74, 6) is 0.425. The molecular weight excluding hydrogens is 320 g/mol. The van der Waals surface area contributed by atoms with Gasteiger partial charge in [0.15, 0.2) is 0 Å². The van der Waals surface area contributed by atoms with Crippen LogP contribution in [0.5, 0.6) is 5.75 Å². The summed E-state index contributed by atoms with van der Waals surface area (Å²) >= 11 is 0. The number of hydrogen-bond acceptors (Lipinski definition) is 4. The van der Waals surface area contributed by atoms with Gasteiger partial charge in [0, 0.05) is 11.5 Å². The van der Waals surface area contributed by atoms with E-state index in [9.17, 15) is 4.79 Å². The maximum Gasteiger partial charge on any atom is 0.341 e. The number of esters is 1. The summed E-state index contributed by atoms with van der Waals surface area (Å²) in [7, 11) is -0.643. The van der Waals surface area contributed by atoms with Crippen molar-refractivity contribution in [2.45, 2.75) is 58.2 Å². The van der Waals surface area contributed by atoms with Crippen molar-refractivity contribution >= 4 is 25.3 Å². The Kier molecular flexibility index (Phi) is 5.43.